The number of hydrogen-bond acceptors (Lipinski definition) is 2. The summed E-state index contributed by atoms with van der Waals surface area (Å²) in [5.41, 5.74) is 6.00. The summed E-state index contributed by atoms with van der Waals surface area (Å²) in [7, 11) is 0. The molecular formula is C13H24N2OS. The molecule has 1 unspecified atom stereocenters. The van der Waals surface area contributed by atoms with E-state index in [0.29, 0.717) is 10.4 Å². The van der Waals surface area contributed by atoms with E-state index in [1.165, 1.54) is 25.7 Å². The van der Waals surface area contributed by atoms with Gasteiger partial charge in [-0.3, -0.25) is 4.79 Å². The van der Waals surface area contributed by atoms with Gasteiger partial charge in [-0.05, 0) is 30.6 Å². The van der Waals surface area contributed by atoms with E-state index in [0.717, 1.165) is 6.54 Å². The number of carbonyl (C=O) groups excluding carboxylic acids is 1. The highest BCUT2D eigenvalue weighted by Gasteiger charge is 2.42. The second kappa shape index (κ2) is 5.80. The van der Waals surface area contributed by atoms with Crippen molar-refractivity contribution in [3.8, 4) is 0 Å². The predicted octanol–water partition coefficient (Wildman–Crippen LogP) is 2.24. The molecule has 1 atom stereocenters. The summed E-state index contributed by atoms with van der Waals surface area (Å²) < 4.78 is 0. The Morgan fingerprint density at radius 1 is 1.47 bits per heavy atom. The molecular weight excluding hydrogens is 232 g/mol. The lowest BCUT2D eigenvalue weighted by Crippen LogP contribution is -2.42. The molecule has 0 aliphatic heterocycles. The van der Waals surface area contributed by atoms with E-state index in [4.69, 9.17) is 18.0 Å². The van der Waals surface area contributed by atoms with Gasteiger partial charge in [0.25, 0.3) is 0 Å². The Bertz CT molecular complexity index is 298. The summed E-state index contributed by atoms with van der Waals surface area (Å²) in [5, 5.41) is 3.03. The molecule has 4 heteroatoms. The third-order valence-electron chi connectivity index (χ3n) is 3.63. The van der Waals surface area contributed by atoms with Crippen molar-refractivity contribution in [1.29, 1.82) is 0 Å². The highest BCUT2D eigenvalue weighted by atomic mass is 32.1. The van der Waals surface area contributed by atoms with Gasteiger partial charge >= 0.3 is 0 Å². The summed E-state index contributed by atoms with van der Waals surface area (Å²) in [6.45, 7) is 6.92. The molecule has 1 aliphatic rings. The number of nitrogens with two attached hydrogens (primary N) is 1. The monoisotopic (exact) mass is 256 g/mol. The molecule has 1 aliphatic carbocycles. The Balaban J connectivity index is 2.45. The van der Waals surface area contributed by atoms with E-state index < -0.39 is 0 Å². The van der Waals surface area contributed by atoms with E-state index in [1.807, 2.05) is 13.8 Å². The van der Waals surface area contributed by atoms with Gasteiger partial charge in [0, 0.05) is 6.54 Å². The molecule has 0 spiro atoms. The zero-order chi connectivity index (χ0) is 13.1. The molecule has 98 valence electrons. The Labute approximate surface area is 110 Å². The van der Waals surface area contributed by atoms with E-state index in [2.05, 4.69) is 12.2 Å². The van der Waals surface area contributed by atoms with Crippen molar-refractivity contribution >= 4 is 23.1 Å². The standard InChI is InChI=1S/C13H24N2OS/c1-4-5-13(6-7-13)8-15-12(16)10(9(2)3)11(14)17/h9-10H,4-8H2,1-3H3,(H2,14,17)(H,15,16). The predicted molar refractivity (Wildman–Crippen MR) is 74.7 cm³/mol. The molecule has 17 heavy (non-hydrogen) atoms. The van der Waals surface area contributed by atoms with E-state index in [9.17, 15) is 4.79 Å². The molecule has 0 aromatic carbocycles. The third-order valence-corrected chi connectivity index (χ3v) is 3.88. The zero-order valence-electron chi connectivity index (χ0n) is 11.1. The SMILES string of the molecule is CCCC1(CNC(=O)C(C(N)=S)C(C)C)CC1. The molecule has 3 nitrogen and oxygen atoms in total. The number of thiocarbonyl (C=S) groups is 1. The first-order valence-electron chi connectivity index (χ1n) is 6.49. The fraction of sp³-hybridized carbons (Fsp3) is 0.846. The van der Waals surface area contributed by atoms with Crippen LogP contribution in [-0.2, 0) is 4.79 Å². The minimum atomic E-state index is -0.331. The third kappa shape index (κ3) is 3.95. The van der Waals surface area contributed by atoms with Gasteiger partial charge in [0.15, 0.2) is 0 Å². The molecule has 1 rings (SSSR count). The van der Waals surface area contributed by atoms with Crippen molar-refractivity contribution in [2.45, 2.75) is 46.5 Å². The van der Waals surface area contributed by atoms with Gasteiger partial charge in [0.1, 0.15) is 0 Å². The number of nitrogens with one attached hydrogen (secondary N) is 1. The molecule has 1 saturated carbocycles. The molecule has 3 N–H and O–H groups in total. The maximum absolute atomic E-state index is 12.0. The number of amides is 1. The normalized spacial score (nSPS) is 18.8. The van der Waals surface area contributed by atoms with Crippen LogP contribution in [0.25, 0.3) is 0 Å². The van der Waals surface area contributed by atoms with Crippen LogP contribution in [0.4, 0.5) is 0 Å². The number of hydrogen-bond donors (Lipinski definition) is 2. The van der Waals surface area contributed by atoms with Crippen LogP contribution < -0.4 is 11.1 Å². The summed E-state index contributed by atoms with van der Waals surface area (Å²) in [5.74, 6) is -0.175. The Morgan fingerprint density at radius 2 is 2.06 bits per heavy atom. The lowest BCUT2D eigenvalue weighted by atomic mass is 9.94. The minimum Gasteiger partial charge on any atom is -0.393 e. The highest BCUT2D eigenvalue weighted by molar-refractivity contribution is 7.80. The minimum absolute atomic E-state index is 0.00474. The number of carbonyl (C=O) groups is 1. The van der Waals surface area contributed by atoms with Crippen molar-refractivity contribution in [3.05, 3.63) is 0 Å². The number of rotatable bonds is 7. The lowest BCUT2D eigenvalue weighted by molar-refractivity contribution is -0.124. The van der Waals surface area contributed by atoms with Crippen molar-refractivity contribution in [2.75, 3.05) is 6.54 Å². The van der Waals surface area contributed by atoms with Crippen LogP contribution in [0.2, 0.25) is 0 Å². The van der Waals surface area contributed by atoms with Crippen LogP contribution in [0.3, 0.4) is 0 Å². The smallest absolute Gasteiger partial charge is 0.230 e. The molecule has 0 heterocycles. The van der Waals surface area contributed by atoms with Crippen LogP contribution in [0, 0.1) is 17.3 Å². The van der Waals surface area contributed by atoms with Crippen molar-refractivity contribution in [3.63, 3.8) is 0 Å². The summed E-state index contributed by atoms with van der Waals surface area (Å²) >= 11 is 4.96. The summed E-state index contributed by atoms with van der Waals surface area (Å²) in [6, 6.07) is 0. The van der Waals surface area contributed by atoms with Crippen LogP contribution in [0.5, 0.6) is 0 Å². The van der Waals surface area contributed by atoms with Crippen LogP contribution >= 0.6 is 12.2 Å². The molecule has 0 bridgehead atoms. The van der Waals surface area contributed by atoms with E-state index in [1.54, 1.807) is 0 Å². The summed E-state index contributed by atoms with van der Waals surface area (Å²) in [4.78, 5) is 12.3. The van der Waals surface area contributed by atoms with Crippen LogP contribution in [0.15, 0.2) is 0 Å². The molecule has 0 aromatic rings. The van der Waals surface area contributed by atoms with E-state index in [-0.39, 0.29) is 17.7 Å². The largest absolute Gasteiger partial charge is 0.393 e. The fourth-order valence-corrected chi connectivity index (χ4v) is 2.75. The van der Waals surface area contributed by atoms with Crippen molar-refractivity contribution < 1.29 is 4.79 Å². The molecule has 0 saturated heterocycles. The maximum Gasteiger partial charge on any atom is 0.230 e. The van der Waals surface area contributed by atoms with Crippen molar-refractivity contribution in [2.24, 2.45) is 23.0 Å². The quantitative estimate of drug-likeness (QED) is 0.687. The summed E-state index contributed by atoms with van der Waals surface area (Å²) in [6.07, 6.45) is 4.85. The Hall–Kier alpha value is -0.640. The van der Waals surface area contributed by atoms with Crippen molar-refractivity contribution in [1.82, 2.24) is 5.32 Å². The van der Waals surface area contributed by atoms with Gasteiger partial charge in [-0.1, -0.05) is 39.4 Å². The zero-order valence-corrected chi connectivity index (χ0v) is 11.9. The van der Waals surface area contributed by atoms with Gasteiger partial charge < -0.3 is 11.1 Å². The van der Waals surface area contributed by atoms with Gasteiger partial charge in [-0.15, -0.1) is 0 Å². The first kappa shape index (κ1) is 14.4. The first-order chi connectivity index (χ1) is 7.92. The first-order valence-corrected chi connectivity index (χ1v) is 6.90. The second-order valence-corrected chi connectivity index (χ2v) is 6.06. The Morgan fingerprint density at radius 3 is 2.41 bits per heavy atom. The average molecular weight is 256 g/mol. The van der Waals surface area contributed by atoms with Gasteiger partial charge in [-0.25, -0.2) is 0 Å². The van der Waals surface area contributed by atoms with E-state index >= 15 is 0 Å². The lowest BCUT2D eigenvalue weighted by Gasteiger charge is -2.21. The average Bonchev–Trinajstić information content (AvgIpc) is 2.95. The molecule has 0 aromatic heterocycles. The Kier molecular flexibility index (Phi) is 4.92. The van der Waals surface area contributed by atoms with Crippen LogP contribution in [0.1, 0.15) is 46.5 Å². The fourth-order valence-electron chi connectivity index (χ4n) is 2.37. The molecule has 0 radical (unpaired) electrons. The van der Waals surface area contributed by atoms with Crippen LogP contribution in [-0.4, -0.2) is 17.4 Å². The van der Waals surface area contributed by atoms with Gasteiger partial charge in [0.05, 0.1) is 10.9 Å². The van der Waals surface area contributed by atoms with Gasteiger partial charge in [0.2, 0.25) is 5.91 Å². The molecule has 1 amide bonds. The highest BCUT2D eigenvalue weighted by Crippen LogP contribution is 2.48. The molecule has 1 fully saturated rings. The second-order valence-electron chi connectivity index (χ2n) is 5.59. The van der Waals surface area contributed by atoms with Gasteiger partial charge in [-0.2, -0.15) is 0 Å². The maximum atomic E-state index is 12.0. The topological polar surface area (TPSA) is 55.1 Å².